The molecule has 2 aromatic carbocycles. The Morgan fingerprint density at radius 1 is 1.15 bits per heavy atom. The van der Waals surface area contributed by atoms with Gasteiger partial charge in [-0.15, -0.1) is 11.3 Å². The quantitative estimate of drug-likeness (QED) is 0.778. The molecular formula is C14H7F2NO2S. The van der Waals surface area contributed by atoms with Gasteiger partial charge in [-0.3, -0.25) is 0 Å². The Kier molecular flexibility index (Phi) is 2.94. The molecule has 0 bridgehead atoms. The van der Waals surface area contributed by atoms with Crippen molar-refractivity contribution in [2.75, 3.05) is 0 Å². The number of hydrogen-bond acceptors (Lipinski definition) is 3. The van der Waals surface area contributed by atoms with E-state index in [2.05, 4.69) is 4.98 Å². The first kappa shape index (κ1) is 12.7. The van der Waals surface area contributed by atoms with E-state index in [-0.39, 0.29) is 11.1 Å². The van der Waals surface area contributed by atoms with Gasteiger partial charge in [0.15, 0.2) is 0 Å². The van der Waals surface area contributed by atoms with Gasteiger partial charge in [0.25, 0.3) is 0 Å². The zero-order chi connectivity index (χ0) is 14.3. The van der Waals surface area contributed by atoms with Crippen molar-refractivity contribution < 1.29 is 18.7 Å². The van der Waals surface area contributed by atoms with E-state index in [9.17, 15) is 13.6 Å². The molecular weight excluding hydrogens is 284 g/mol. The normalized spacial score (nSPS) is 10.9. The third-order valence-corrected chi connectivity index (χ3v) is 3.85. The van der Waals surface area contributed by atoms with Crippen molar-refractivity contribution in [3.63, 3.8) is 0 Å². The lowest BCUT2D eigenvalue weighted by Crippen LogP contribution is -1.94. The van der Waals surface area contributed by atoms with Crippen molar-refractivity contribution in [1.29, 1.82) is 0 Å². The van der Waals surface area contributed by atoms with Gasteiger partial charge in [0, 0.05) is 11.6 Å². The molecule has 1 heterocycles. The standard InChI is InChI=1S/C14H7F2NO2S/c15-8-2-3-9(10(16)6-8)13-17-11-4-1-7(14(18)19)5-12(11)20-13/h1-6H,(H,18,19). The Labute approximate surface area is 116 Å². The monoisotopic (exact) mass is 291 g/mol. The lowest BCUT2D eigenvalue weighted by atomic mass is 10.2. The van der Waals surface area contributed by atoms with Crippen LogP contribution < -0.4 is 0 Å². The Morgan fingerprint density at radius 2 is 1.95 bits per heavy atom. The fraction of sp³-hybridized carbons (Fsp3) is 0. The smallest absolute Gasteiger partial charge is 0.335 e. The molecule has 0 aliphatic carbocycles. The second-order valence-corrected chi connectivity index (χ2v) is 5.16. The SMILES string of the molecule is O=C(O)c1ccc2nc(-c3ccc(F)cc3F)sc2c1. The lowest BCUT2D eigenvalue weighted by molar-refractivity contribution is 0.0697. The van der Waals surface area contributed by atoms with Crippen LogP contribution in [0.2, 0.25) is 0 Å². The predicted molar refractivity (Wildman–Crippen MR) is 71.9 cm³/mol. The summed E-state index contributed by atoms with van der Waals surface area (Å²) in [6.45, 7) is 0. The largest absolute Gasteiger partial charge is 0.478 e. The highest BCUT2D eigenvalue weighted by molar-refractivity contribution is 7.21. The van der Waals surface area contributed by atoms with Crippen LogP contribution in [0, 0.1) is 11.6 Å². The molecule has 0 spiro atoms. The van der Waals surface area contributed by atoms with Gasteiger partial charge in [0.2, 0.25) is 0 Å². The van der Waals surface area contributed by atoms with Crippen molar-refractivity contribution in [2.45, 2.75) is 0 Å². The van der Waals surface area contributed by atoms with Crippen molar-refractivity contribution in [2.24, 2.45) is 0 Å². The number of thiazole rings is 1. The molecule has 3 aromatic rings. The maximum absolute atomic E-state index is 13.7. The summed E-state index contributed by atoms with van der Waals surface area (Å²) in [5.41, 5.74) is 0.926. The molecule has 0 amide bonds. The molecule has 0 aliphatic heterocycles. The van der Waals surface area contributed by atoms with E-state index < -0.39 is 17.6 Å². The Bertz CT molecular complexity index is 829. The number of carboxylic acids is 1. The molecule has 0 radical (unpaired) electrons. The van der Waals surface area contributed by atoms with Gasteiger partial charge in [-0.1, -0.05) is 0 Å². The van der Waals surface area contributed by atoms with Crippen molar-refractivity contribution >= 4 is 27.5 Å². The maximum atomic E-state index is 13.7. The molecule has 0 unspecified atom stereocenters. The fourth-order valence-corrected chi connectivity index (χ4v) is 2.87. The summed E-state index contributed by atoms with van der Waals surface area (Å²) >= 11 is 1.17. The summed E-state index contributed by atoms with van der Waals surface area (Å²) < 4.78 is 27.2. The Balaban J connectivity index is 2.15. The first-order valence-corrected chi connectivity index (χ1v) is 6.45. The van der Waals surface area contributed by atoms with Gasteiger partial charge >= 0.3 is 5.97 Å². The summed E-state index contributed by atoms with van der Waals surface area (Å²) in [6.07, 6.45) is 0. The lowest BCUT2D eigenvalue weighted by Gasteiger charge is -1.97. The molecule has 0 atom stereocenters. The molecule has 100 valence electrons. The first-order valence-electron chi connectivity index (χ1n) is 5.64. The average molecular weight is 291 g/mol. The number of aromatic nitrogens is 1. The summed E-state index contributed by atoms with van der Waals surface area (Å²) in [7, 11) is 0. The summed E-state index contributed by atoms with van der Waals surface area (Å²) in [5, 5.41) is 9.31. The number of aromatic carboxylic acids is 1. The minimum absolute atomic E-state index is 0.146. The van der Waals surface area contributed by atoms with Gasteiger partial charge in [-0.25, -0.2) is 18.6 Å². The molecule has 1 aromatic heterocycles. The topological polar surface area (TPSA) is 50.2 Å². The Morgan fingerprint density at radius 3 is 2.65 bits per heavy atom. The van der Waals surface area contributed by atoms with E-state index in [1.807, 2.05) is 0 Å². The number of benzene rings is 2. The molecule has 6 heteroatoms. The van der Waals surface area contributed by atoms with Crippen LogP contribution in [-0.4, -0.2) is 16.1 Å². The maximum Gasteiger partial charge on any atom is 0.335 e. The van der Waals surface area contributed by atoms with Crippen LogP contribution in [0.15, 0.2) is 36.4 Å². The van der Waals surface area contributed by atoms with Crippen LogP contribution in [0.3, 0.4) is 0 Å². The van der Waals surface area contributed by atoms with Crippen molar-refractivity contribution in [3.8, 4) is 10.6 Å². The van der Waals surface area contributed by atoms with E-state index in [0.29, 0.717) is 15.2 Å². The molecule has 20 heavy (non-hydrogen) atoms. The third-order valence-electron chi connectivity index (χ3n) is 2.80. The van der Waals surface area contributed by atoms with Crippen LogP contribution >= 0.6 is 11.3 Å². The zero-order valence-electron chi connectivity index (χ0n) is 9.93. The van der Waals surface area contributed by atoms with Crippen molar-refractivity contribution in [3.05, 3.63) is 53.6 Å². The van der Waals surface area contributed by atoms with E-state index in [1.54, 1.807) is 6.07 Å². The number of halogens is 2. The van der Waals surface area contributed by atoms with Gasteiger partial charge < -0.3 is 5.11 Å². The van der Waals surface area contributed by atoms with Crippen LogP contribution in [0.25, 0.3) is 20.8 Å². The van der Waals surface area contributed by atoms with E-state index >= 15 is 0 Å². The Hall–Kier alpha value is -2.34. The van der Waals surface area contributed by atoms with E-state index in [0.717, 1.165) is 12.1 Å². The number of hydrogen-bond donors (Lipinski definition) is 1. The van der Waals surface area contributed by atoms with Crippen LogP contribution in [-0.2, 0) is 0 Å². The van der Waals surface area contributed by atoms with Gasteiger partial charge in [-0.05, 0) is 30.3 Å². The van der Waals surface area contributed by atoms with Crippen molar-refractivity contribution in [1.82, 2.24) is 4.98 Å². The number of carboxylic acid groups (broad SMARTS) is 1. The summed E-state index contributed by atoms with van der Waals surface area (Å²) in [6, 6.07) is 7.77. The highest BCUT2D eigenvalue weighted by Crippen LogP contribution is 2.32. The molecule has 0 aliphatic rings. The second kappa shape index (κ2) is 4.64. The number of carbonyl (C=O) groups is 1. The minimum Gasteiger partial charge on any atom is -0.478 e. The second-order valence-electron chi connectivity index (χ2n) is 4.13. The third kappa shape index (κ3) is 2.14. The van der Waals surface area contributed by atoms with Gasteiger partial charge in [0.05, 0.1) is 15.8 Å². The molecule has 0 saturated carbocycles. The fourth-order valence-electron chi connectivity index (χ4n) is 1.84. The molecule has 0 fully saturated rings. The van der Waals surface area contributed by atoms with Crippen LogP contribution in [0.4, 0.5) is 8.78 Å². The molecule has 3 nitrogen and oxygen atoms in total. The van der Waals surface area contributed by atoms with Gasteiger partial charge in [-0.2, -0.15) is 0 Å². The number of rotatable bonds is 2. The first-order chi connectivity index (χ1) is 9.54. The van der Waals surface area contributed by atoms with Crippen LogP contribution in [0.1, 0.15) is 10.4 Å². The van der Waals surface area contributed by atoms with Crippen LogP contribution in [0.5, 0.6) is 0 Å². The summed E-state index contributed by atoms with van der Waals surface area (Å²) in [5.74, 6) is -2.38. The summed E-state index contributed by atoms with van der Waals surface area (Å²) in [4.78, 5) is 15.1. The number of nitrogens with zero attached hydrogens (tertiary/aromatic N) is 1. The molecule has 1 N–H and O–H groups in total. The highest BCUT2D eigenvalue weighted by Gasteiger charge is 2.13. The minimum atomic E-state index is -1.03. The van der Waals surface area contributed by atoms with E-state index in [1.165, 1.54) is 29.5 Å². The average Bonchev–Trinajstić information content (AvgIpc) is 2.80. The van der Waals surface area contributed by atoms with E-state index in [4.69, 9.17) is 5.11 Å². The molecule has 0 saturated heterocycles. The molecule has 3 rings (SSSR count). The zero-order valence-corrected chi connectivity index (χ0v) is 10.7. The van der Waals surface area contributed by atoms with Gasteiger partial charge in [0.1, 0.15) is 16.6 Å². The predicted octanol–water partition coefficient (Wildman–Crippen LogP) is 3.94. The number of fused-ring (bicyclic) bond motifs is 1. The highest BCUT2D eigenvalue weighted by atomic mass is 32.1.